The lowest BCUT2D eigenvalue weighted by Gasteiger charge is -2.07. The van der Waals surface area contributed by atoms with Crippen molar-refractivity contribution in [3.8, 4) is 11.5 Å². The molecule has 4 heteroatoms. The molecule has 0 saturated carbocycles. The summed E-state index contributed by atoms with van der Waals surface area (Å²) in [5.74, 6) is 1.13. The van der Waals surface area contributed by atoms with Gasteiger partial charge in [0.25, 0.3) is 0 Å². The molecule has 2 aromatic carbocycles. The molecule has 0 aliphatic carbocycles. The van der Waals surface area contributed by atoms with Gasteiger partial charge in [-0.25, -0.2) is 0 Å². The highest BCUT2D eigenvalue weighted by molar-refractivity contribution is 9.10. The minimum atomic E-state index is 0.277. The van der Waals surface area contributed by atoms with E-state index >= 15 is 0 Å². The number of aromatic nitrogens is 1. The quantitative estimate of drug-likeness (QED) is 0.781. The Morgan fingerprint density at radius 2 is 1.90 bits per heavy atom. The Morgan fingerprint density at radius 3 is 2.60 bits per heavy atom. The first-order chi connectivity index (χ1) is 9.67. The molecule has 1 heterocycles. The lowest BCUT2D eigenvalue weighted by atomic mass is 10.2. The molecule has 0 fully saturated rings. The molecule has 0 amide bonds. The van der Waals surface area contributed by atoms with E-state index in [1.165, 1.54) is 5.56 Å². The van der Waals surface area contributed by atoms with Gasteiger partial charge in [-0.15, -0.1) is 0 Å². The van der Waals surface area contributed by atoms with Crippen molar-refractivity contribution < 1.29 is 9.84 Å². The fraction of sp³-hybridized carbons (Fsp3) is 0.125. The third-order valence-electron chi connectivity index (χ3n) is 3.33. The van der Waals surface area contributed by atoms with E-state index in [4.69, 9.17) is 4.74 Å². The average Bonchev–Trinajstić information content (AvgIpc) is 2.76. The van der Waals surface area contributed by atoms with Crippen molar-refractivity contribution in [3.63, 3.8) is 0 Å². The van der Waals surface area contributed by atoms with E-state index in [-0.39, 0.29) is 5.75 Å². The Kier molecular flexibility index (Phi) is 3.40. The van der Waals surface area contributed by atoms with E-state index in [0.29, 0.717) is 0 Å². The van der Waals surface area contributed by atoms with Crippen molar-refractivity contribution in [1.82, 2.24) is 4.57 Å². The zero-order valence-electron chi connectivity index (χ0n) is 11.0. The summed E-state index contributed by atoms with van der Waals surface area (Å²) in [5, 5.41) is 10.7. The molecule has 20 heavy (non-hydrogen) atoms. The van der Waals surface area contributed by atoms with Gasteiger partial charge in [0.05, 0.1) is 12.6 Å². The molecule has 0 spiro atoms. The second-order valence-corrected chi connectivity index (χ2v) is 5.51. The Hall–Kier alpha value is -1.94. The molecule has 3 nitrogen and oxygen atoms in total. The first-order valence-corrected chi connectivity index (χ1v) is 7.07. The van der Waals surface area contributed by atoms with Crippen LogP contribution in [0.15, 0.2) is 53.1 Å². The van der Waals surface area contributed by atoms with E-state index in [1.807, 2.05) is 36.5 Å². The second-order valence-electron chi connectivity index (χ2n) is 4.65. The number of hydrogen-bond acceptors (Lipinski definition) is 2. The summed E-state index contributed by atoms with van der Waals surface area (Å²) < 4.78 is 8.30. The highest BCUT2D eigenvalue weighted by Gasteiger charge is 2.07. The lowest BCUT2D eigenvalue weighted by molar-refractivity contribution is 0.414. The third kappa shape index (κ3) is 2.39. The molecule has 0 bridgehead atoms. The highest BCUT2D eigenvalue weighted by Crippen LogP contribution is 2.29. The maximum Gasteiger partial charge on any atom is 0.118 e. The average molecular weight is 332 g/mol. The van der Waals surface area contributed by atoms with Gasteiger partial charge in [-0.05, 0) is 45.8 Å². The molecular weight excluding hydrogens is 318 g/mol. The van der Waals surface area contributed by atoms with Crippen molar-refractivity contribution in [2.45, 2.75) is 6.54 Å². The van der Waals surface area contributed by atoms with Crippen LogP contribution in [-0.4, -0.2) is 16.8 Å². The smallest absolute Gasteiger partial charge is 0.118 e. The molecule has 3 aromatic rings. The van der Waals surface area contributed by atoms with Crippen LogP contribution in [0, 0.1) is 0 Å². The summed E-state index contributed by atoms with van der Waals surface area (Å²) in [7, 11) is 1.66. The zero-order valence-corrected chi connectivity index (χ0v) is 12.6. The molecular formula is C16H14BrNO2. The number of aromatic hydroxyl groups is 1. The van der Waals surface area contributed by atoms with Gasteiger partial charge in [0.15, 0.2) is 0 Å². The largest absolute Gasteiger partial charge is 0.508 e. The van der Waals surface area contributed by atoms with Crippen LogP contribution in [0.25, 0.3) is 10.9 Å². The molecule has 0 aliphatic rings. The summed E-state index contributed by atoms with van der Waals surface area (Å²) in [6.45, 7) is 0.746. The maximum absolute atomic E-state index is 9.65. The summed E-state index contributed by atoms with van der Waals surface area (Å²) in [5.41, 5.74) is 2.19. The zero-order chi connectivity index (χ0) is 14.1. The lowest BCUT2D eigenvalue weighted by Crippen LogP contribution is -1.97. The van der Waals surface area contributed by atoms with E-state index < -0.39 is 0 Å². The molecule has 0 unspecified atom stereocenters. The first-order valence-electron chi connectivity index (χ1n) is 6.27. The molecule has 1 N–H and O–H groups in total. The Bertz CT molecular complexity index is 747. The van der Waals surface area contributed by atoms with Gasteiger partial charge >= 0.3 is 0 Å². The van der Waals surface area contributed by atoms with Crippen molar-refractivity contribution in [3.05, 3.63) is 58.7 Å². The van der Waals surface area contributed by atoms with E-state index in [1.54, 1.807) is 19.2 Å². The van der Waals surface area contributed by atoms with Gasteiger partial charge in [-0.3, -0.25) is 0 Å². The minimum absolute atomic E-state index is 0.277. The molecule has 3 rings (SSSR count). The fourth-order valence-electron chi connectivity index (χ4n) is 2.29. The number of hydrogen-bond donors (Lipinski definition) is 1. The van der Waals surface area contributed by atoms with Crippen LogP contribution in [0.1, 0.15) is 5.56 Å². The number of methoxy groups -OCH3 is 1. The molecule has 1 aromatic heterocycles. The molecule has 102 valence electrons. The van der Waals surface area contributed by atoms with Gasteiger partial charge in [-0.2, -0.15) is 0 Å². The van der Waals surface area contributed by atoms with Crippen LogP contribution in [0.5, 0.6) is 11.5 Å². The normalized spacial score (nSPS) is 10.9. The monoisotopic (exact) mass is 331 g/mol. The summed E-state index contributed by atoms with van der Waals surface area (Å²) >= 11 is 3.56. The number of phenols is 1. The molecule has 0 atom stereocenters. The number of ether oxygens (including phenoxy) is 1. The van der Waals surface area contributed by atoms with E-state index in [9.17, 15) is 5.11 Å². The number of rotatable bonds is 3. The third-order valence-corrected chi connectivity index (χ3v) is 3.96. The second kappa shape index (κ2) is 5.21. The minimum Gasteiger partial charge on any atom is -0.508 e. The van der Waals surface area contributed by atoms with E-state index in [0.717, 1.165) is 27.7 Å². The SMILES string of the molecule is COc1ccc(Cn2cc(Br)c3ccc(O)cc32)cc1. The van der Waals surface area contributed by atoms with Gasteiger partial charge in [0.2, 0.25) is 0 Å². The fourth-order valence-corrected chi connectivity index (χ4v) is 2.88. The molecule has 0 radical (unpaired) electrons. The summed E-state index contributed by atoms with van der Waals surface area (Å²) in [6, 6.07) is 13.4. The van der Waals surface area contributed by atoms with Crippen LogP contribution in [-0.2, 0) is 6.54 Å². The van der Waals surface area contributed by atoms with Crippen LogP contribution < -0.4 is 4.74 Å². The summed E-state index contributed by atoms with van der Waals surface area (Å²) in [6.07, 6.45) is 2.04. The van der Waals surface area contributed by atoms with Crippen molar-refractivity contribution in [2.75, 3.05) is 7.11 Å². The van der Waals surface area contributed by atoms with Gasteiger partial charge in [0, 0.05) is 28.7 Å². The number of benzene rings is 2. The molecule has 0 saturated heterocycles. The van der Waals surface area contributed by atoms with Crippen LogP contribution in [0.4, 0.5) is 0 Å². The van der Waals surface area contributed by atoms with Crippen LogP contribution >= 0.6 is 15.9 Å². The maximum atomic E-state index is 9.65. The predicted octanol–water partition coefficient (Wildman–Crippen LogP) is 4.17. The predicted molar refractivity (Wildman–Crippen MR) is 83.4 cm³/mol. The summed E-state index contributed by atoms with van der Waals surface area (Å²) in [4.78, 5) is 0. The first kappa shape index (κ1) is 13.1. The topological polar surface area (TPSA) is 34.4 Å². The Balaban J connectivity index is 1.99. The van der Waals surface area contributed by atoms with E-state index in [2.05, 4.69) is 20.5 Å². The van der Waals surface area contributed by atoms with Gasteiger partial charge in [-0.1, -0.05) is 12.1 Å². The Morgan fingerprint density at radius 1 is 1.15 bits per heavy atom. The number of fused-ring (bicyclic) bond motifs is 1. The van der Waals surface area contributed by atoms with Crippen LogP contribution in [0.3, 0.4) is 0 Å². The number of phenolic OH excluding ortho intramolecular Hbond substituents is 1. The Labute approximate surface area is 125 Å². The van der Waals surface area contributed by atoms with Crippen molar-refractivity contribution >= 4 is 26.8 Å². The number of halogens is 1. The van der Waals surface area contributed by atoms with Crippen molar-refractivity contribution in [2.24, 2.45) is 0 Å². The van der Waals surface area contributed by atoms with Crippen molar-refractivity contribution in [1.29, 1.82) is 0 Å². The number of nitrogens with zero attached hydrogens (tertiary/aromatic N) is 1. The highest BCUT2D eigenvalue weighted by atomic mass is 79.9. The van der Waals surface area contributed by atoms with Crippen LogP contribution in [0.2, 0.25) is 0 Å². The molecule has 0 aliphatic heterocycles. The van der Waals surface area contributed by atoms with Gasteiger partial charge in [0.1, 0.15) is 11.5 Å². The standard InChI is InChI=1S/C16H14BrNO2/c1-20-13-5-2-11(3-6-13)9-18-10-15(17)14-7-4-12(19)8-16(14)18/h2-8,10,19H,9H2,1H3. The van der Waals surface area contributed by atoms with Gasteiger partial charge < -0.3 is 14.4 Å².